The van der Waals surface area contributed by atoms with Crippen LogP contribution in [0.15, 0.2) is 53.6 Å². The van der Waals surface area contributed by atoms with Crippen LogP contribution in [0.3, 0.4) is 0 Å². The molecule has 0 atom stereocenters. The quantitative estimate of drug-likeness (QED) is 0.807. The van der Waals surface area contributed by atoms with Gasteiger partial charge in [0, 0.05) is 6.20 Å². The monoisotopic (exact) mass is 310 g/mol. The van der Waals surface area contributed by atoms with Gasteiger partial charge in [-0.2, -0.15) is 0 Å². The minimum absolute atomic E-state index is 0.270. The predicted molar refractivity (Wildman–Crippen MR) is 88.5 cm³/mol. The van der Waals surface area contributed by atoms with Gasteiger partial charge in [-0.05, 0) is 48.0 Å². The Labute approximate surface area is 132 Å². The summed E-state index contributed by atoms with van der Waals surface area (Å²) in [7, 11) is 0. The number of imide groups is 1. The smallest absolute Gasteiger partial charge is 0.268 e. The lowest BCUT2D eigenvalue weighted by molar-refractivity contribution is -0.113. The number of benzene rings is 1. The second-order valence-electron chi connectivity index (χ2n) is 4.75. The number of anilines is 1. The third-order valence-corrected chi connectivity index (χ3v) is 4.24. The first-order valence-electron chi connectivity index (χ1n) is 6.97. The summed E-state index contributed by atoms with van der Waals surface area (Å²) < 4.78 is 0. The van der Waals surface area contributed by atoms with Crippen LogP contribution in [-0.2, 0) is 11.2 Å². The van der Waals surface area contributed by atoms with Crippen LogP contribution in [0.25, 0.3) is 6.08 Å². The molecule has 4 nitrogen and oxygen atoms in total. The van der Waals surface area contributed by atoms with Gasteiger partial charge in [-0.25, -0.2) is 4.90 Å². The number of para-hydroxylation sites is 1. The van der Waals surface area contributed by atoms with E-state index in [2.05, 4.69) is 4.98 Å². The molecule has 3 rings (SSSR count). The van der Waals surface area contributed by atoms with E-state index in [0.29, 0.717) is 16.3 Å². The molecule has 5 heteroatoms. The van der Waals surface area contributed by atoms with Crippen molar-refractivity contribution in [3.8, 4) is 0 Å². The molecular formula is C17H14N2O2S. The number of nitrogens with zero attached hydrogens (tertiary/aromatic N) is 2. The van der Waals surface area contributed by atoms with Crippen molar-refractivity contribution in [2.24, 2.45) is 0 Å². The Kier molecular flexibility index (Phi) is 4.06. The Morgan fingerprint density at radius 1 is 1.14 bits per heavy atom. The SMILES string of the molecule is CCc1ccccc1N1C(=O)S/C(=C\c2ccccn2)C1=O. The molecule has 110 valence electrons. The Morgan fingerprint density at radius 2 is 1.91 bits per heavy atom. The van der Waals surface area contributed by atoms with Crippen molar-refractivity contribution in [3.63, 3.8) is 0 Å². The number of hydrogen-bond acceptors (Lipinski definition) is 4. The summed E-state index contributed by atoms with van der Waals surface area (Å²) in [6.07, 6.45) is 4.07. The molecule has 0 unspecified atom stereocenters. The molecule has 0 saturated carbocycles. The number of amides is 2. The summed E-state index contributed by atoms with van der Waals surface area (Å²) in [5.74, 6) is -0.290. The first-order chi connectivity index (χ1) is 10.7. The molecule has 0 bridgehead atoms. The average molecular weight is 310 g/mol. The van der Waals surface area contributed by atoms with Crippen LogP contribution in [0.1, 0.15) is 18.2 Å². The molecule has 0 radical (unpaired) electrons. The number of carbonyl (C=O) groups excluding carboxylic acids is 2. The third kappa shape index (κ3) is 2.67. The van der Waals surface area contributed by atoms with Gasteiger partial charge in [0.2, 0.25) is 0 Å². The van der Waals surface area contributed by atoms with Crippen molar-refractivity contribution in [1.82, 2.24) is 4.98 Å². The molecule has 0 spiro atoms. The van der Waals surface area contributed by atoms with Gasteiger partial charge >= 0.3 is 0 Å². The molecule has 1 aliphatic rings. The summed E-state index contributed by atoms with van der Waals surface area (Å²) in [5, 5.41) is -0.270. The molecule has 2 amide bonds. The van der Waals surface area contributed by atoms with E-state index >= 15 is 0 Å². The Balaban J connectivity index is 1.97. The number of thioether (sulfide) groups is 1. The van der Waals surface area contributed by atoms with E-state index in [0.717, 1.165) is 23.7 Å². The zero-order chi connectivity index (χ0) is 15.5. The van der Waals surface area contributed by atoms with E-state index < -0.39 is 0 Å². The van der Waals surface area contributed by atoms with Gasteiger partial charge in [0.1, 0.15) is 0 Å². The van der Waals surface area contributed by atoms with Crippen LogP contribution in [0.5, 0.6) is 0 Å². The summed E-state index contributed by atoms with van der Waals surface area (Å²) >= 11 is 0.949. The highest BCUT2D eigenvalue weighted by Gasteiger charge is 2.37. The zero-order valence-electron chi connectivity index (χ0n) is 12.0. The summed E-state index contributed by atoms with van der Waals surface area (Å²) in [6.45, 7) is 2.00. The Hall–Kier alpha value is -2.40. The van der Waals surface area contributed by atoms with Gasteiger partial charge in [-0.15, -0.1) is 0 Å². The second kappa shape index (κ2) is 6.15. The molecule has 1 aromatic heterocycles. The molecule has 0 N–H and O–H groups in total. The fraction of sp³-hybridized carbons (Fsp3) is 0.118. The summed E-state index contributed by atoms with van der Waals surface area (Å²) in [4.78, 5) is 30.6. The highest BCUT2D eigenvalue weighted by molar-refractivity contribution is 8.19. The van der Waals surface area contributed by atoms with Crippen LogP contribution >= 0.6 is 11.8 Å². The van der Waals surface area contributed by atoms with E-state index in [-0.39, 0.29) is 11.1 Å². The maximum atomic E-state index is 12.6. The van der Waals surface area contributed by atoms with Gasteiger partial charge in [0.05, 0.1) is 16.3 Å². The lowest BCUT2D eigenvalue weighted by Crippen LogP contribution is -2.28. The number of pyridine rings is 1. The van der Waals surface area contributed by atoms with Gasteiger partial charge in [0.25, 0.3) is 11.1 Å². The van der Waals surface area contributed by atoms with Crippen molar-refractivity contribution in [3.05, 3.63) is 64.8 Å². The van der Waals surface area contributed by atoms with Crippen molar-refractivity contribution in [1.29, 1.82) is 0 Å². The third-order valence-electron chi connectivity index (χ3n) is 3.37. The molecule has 2 heterocycles. The standard InChI is InChI=1S/C17H14N2O2S/c1-2-12-7-3-4-9-14(12)19-16(20)15(22-17(19)21)11-13-8-5-6-10-18-13/h3-11H,2H2,1H3/b15-11-. The number of aryl methyl sites for hydroxylation is 1. The Bertz CT molecular complexity index is 756. The number of aromatic nitrogens is 1. The molecule has 1 fully saturated rings. The van der Waals surface area contributed by atoms with E-state index in [4.69, 9.17) is 0 Å². The highest BCUT2D eigenvalue weighted by Crippen LogP contribution is 2.36. The molecule has 1 aliphatic heterocycles. The lowest BCUT2D eigenvalue weighted by Gasteiger charge is -2.16. The van der Waals surface area contributed by atoms with Crippen molar-refractivity contribution >= 4 is 34.7 Å². The van der Waals surface area contributed by atoms with E-state index in [1.54, 1.807) is 30.5 Å². The van der Waals surface area contributed by atoms with Crippen LogP contribution in [0, 0.1) is 0 Å². The van der Waals surface area contributed by atoms with Gasteiger partial charge in [0.15, 0.2) is 0 Å². The predicted octanol–water partition coefficient (Wildman–Crippen LogP) is 3.88. The summed E-state index contributed by atoms with van der Waals surface area (Å²) in [5.41, 5.74) is 2.30. The largest absolute Gasteiger partial charge is 0.298 e. The van der Waals surface area contributed by atoms with E-state index in [1.807, 2.05) is 31.2 Å². The van der Waals surface area contributed by atoms with E-state index in [1.165, 1.54) is 4.90 Å². The minimum atomic E-state index is -0.290. The maximum Gasteiger partial charge on any atom is 0.298 e. The zero-order valence-corrected chi connectivity index (χ0v) is 12.8. The number of rotatable bonds is 3. The normalized spacial score (nSPS) is 16.6. The molecular weight excluding hydrogens is 296 g/mol. The first-order valence-corrected chi connectivity index (χ1v) is 7.79. The van der Waals surface area contributed by atoms with Crippen molar-refractivity contribution < 1.29 is 9.59 Å². The minimum Gasteiger partial charge on any atom is -0.268 e. The van der Waals surface area contributed by atoms with Gasteiger partial charge in [-0.1, -0.05) is 31.2 Å². The average Bonchev–Trinajstić information content (AvgIpc) is 2.82. The molecule has 1 aromatic carbocycles. The number of hydrogen-bond donors (Lipinski definition) is 0. The van der Waals surface area contributed by atoms with Gasteiger partial charge < -0.3 is 0 Å². The fourth-order valence-corrected chi connectivity index (χ4v) is 3.12. The highest BCUT2D eigenvalue weighted by atomic mass is 32.2. The molecule has 0 aliphatic carbocycles. The summed E-state index contributed by atoms with van der Waals surface area (Å²) in [6, 6.07) is 12.9. The van der Waals surface area contributed by atoms with Crippen molar-refractivity contribution in [2.45, 2.75) is 13.3 Å². The fourth-order valence-electron chi connectivity index (χ4n) is 2.30. The van der Waals surface area contributed by atoms with Gasteiger partial charge in [-0.3, -0.25) is 14.6 Å². The van der Waals surface area contributed by atoms with Crippen LogP contribution in [0.2, 0.25) is 0 Å². The molecule has 2 aromatic rings. The van der Waals surface area contributed by atoms with Crippen molar-refractivity contribution in [2.75, 3.05) is 4.90 Å². The molecule has 1 saturated heterocycles. The number of carbonyl (C=O) groups is 2. The first kappa shape index (κ1) is 14.5. The topological polar surface area (TPSA) is 50.3 Å². The van der Waals surface area contributed by atoms with Crippen LogP contribution < -0.4 is 4.90 Å². The van der Waals surface area contributed by atoms with Crippen LogP contribution in [-0.4, -0.2) is 16.1 Å². The maximum absolute atomic E-state index is 12.6. The Morgan fingerprint density at radius 3 is 2.64 bits per heavy atom. The second-order valence-corrected chi connectivity index (χ2v) is 5.75. The lowest BCUT2D eigenvalue weighted by atomic mass is 10.1. The van der Waals surface area contributed by atoms with E-state index in [9.17, 15) is 9.59 Å². The van der Waals surface area contributed by atoms with Crippen LogP contribution in [0.4, 0.5) is 10.5 Å². The molecule has 22 heavy (non-hydrogen) atoms.